The van der Waals surface area contributed by atoms with Gasteiger partial charge in [-0.3, -0.25) is 9.69 Å². The van der Waals surface area contributed by atoms with Crippen molar-refractivity contribution in [3.8, 4) is 11.5 Å². The van der Waals surface area contributed by atoms with Crippen molar-refractivity contribution in [2.75, 3.05) is 13.2 Å². The number of nitrogens with one attached hydrogen (secondary N) is 1. The van der Waals surface area contributed by atoms with Crippen molar-refractivity contribution in [2.24, 2.45) is 0 Å². The van der Waals surface area contributed by atoms with Gasteiger partial charge in [0.1, 0.15) is 24.6 Å². The van der Waals surface area contributed by atoms with Gasteiger partial charge >= 0.3 is 6.03 Å². The van der Waals surface area contributed by atoms with Crippen LogP contribution in [-0.4, -0.2) is 30.1 Å². The SMILES string of the molecule is C[C@]1(c2ccc3c(c2)OCCO3)NC(=O)N(Cc2cccc(F)c2)C1=O. The maximum atomic E-state index is 13.4. The Balaban J connectivity index is 1.63. The number of fused-ring (bicyclic) bond motifs is 1. The molecule has 2 aliphatic rings. The first-order valence-corrected chi connectivity index (χ1v) is 8.26. The molecule has 0 unspecified atom stereocenters. The third kappa shape index (κ3) is 2.65. The van der Waals surface area contributed by atoms with Crippen LogP contribution in [0.1, 0.15) is 18.1 Å². The molecule has 2 aliphatic heterocycles. The molecule has 0 radical (unpaired) electrons. The predicted octanol–water partition coefficient (Wildman–Crippen LogP) is 2.56. The van der Waals surface area contributed by atoms with E-state index in [9.17, 15) is 14.0 Å². The van der Waals surface area contributed by atoms with E-state index in [2.05, 4.69) is 5.32 Å². The number of carbonyl (C=O) groups is 2. The fourth-order valence-electron chi connectivity index (χ4n) is 3.21. The van der Waals surface area contributed by atoms with Crippen molar-refractivity contribution < 1.29 is 23.5 Å². The van der Waals surface area contributed by atoms with Crippen LogP contribution in [0.3, 0.4) is 0 Å². The molecule has 1 N–H and O–H groups in total. The highest BCUT2D eigenvalue weighted by molar-refractivity contribution is 6.07. The quantitative estimate of drug-likeness (QED) is 0.859. The maximum absolute atomic E-state index is 13.4. The molecule has 0 aliphatic carbocycles. The molecule has 2 heterocycles. The van der Waals surface area contributed by atoms with Gasteiger partial charge in [-0.15, -0.1) is 0 Å². The monoisotopic (exact) mass is 356 g/mol. The van der Waals surface area contributed by atoms with Crippen molar-refractivity contribution in [3.63, 3.8) is 0 Å². The van der Waals surface area contributed by atoms with E-state index >= 15 is 0 Å². The Morgan fingerprint density at radius 2 is 1.88 bits per heavy atom. The molecule has 6 nitrogen and oxygen atoms in total. The Bertz CT molecular complexity index is 901. The van der Waals surface area contributed by atoms with Gasteiger partial charge < -0.3 is 14.8 Å². The minimum absolute atomic E-state index is 0.00255. The van der Waals surface area contributed by atoms with Crippen LogP contribution in [0.4, 0.5) is 9.18 Å². The van der Waals surface area contributed by atoms with Gasteiger partial charge in [0.2, 0.25) is 0 Å². The van der Waals surface area contributed by atoms with Crippen LogP contribution in [0.5, 0.6) is 11.5 Å². The highest BCUT2D eigenvalue weighted by Gasteiger charge is 2.49. The van der Waals surface area contributed by atoms with Gasteiger partial charge in [-0.05, 0) is 42.3 Å². The lowest BCUT2D eigenvalue weighted by Gasteiger charge is -2.25. The number of ether oxygens (including phenoxy) is 2. The summed E-state index contributed by atoms with van der Waals surface area (Å²) in [6, 6.07) is 10.5. The number of hydrogen-bond donors (Lipinski definition) is 1. The van der Waals surface area contributed by atoms with Crippen LogP contribution in [0.25, 0.3) is 0 Å². The van der Waals surface area contributed by atoms with E-state index in [1.807, 2.05) is 0 Å². The van der Waals surface area contributed by atoms with Crippen LogP contribution >= 0.6 is 0 Å². The number of halogens is 1. The van der Waals surface area contributed by atoms with Crippen molar-refractivity contribution in [2.45, 2.75) is 19.0 Å². The topological polar surface area (TPSA) is 67.9 Å². The van der Waals surface area contributed by atoms with Gasteiger partial charge in [-0.25, -0.2) is 9.18 Å². The lowest BCUT2D eigenvalue weighted by atomic mass is 9.91. The van der Waals surface area contributed by atoms with Crippen LogP contribution in [0.15, 0.2) is 42.5 Å². The Labute approximate surface area is 149 Å². The Hall–Kier alpha value is -3.09. The summed E-state index contributed by atoms with van der Waals surface area (Å²) in [6.07, 6.45) is 0. The summed E-state index contributed by atoms with van der Waals surface area (Å²) < 4.78 is 24.4. The molecule has 2 aromatic rings. The largest absolute Gasteiger partial charge is 0.486 e. The maximum Gasteiger partial charge on any atom is 0.325 e. The number of rotatable bonds is 3. The van der Waals surface area contributed by atoms with Crippen molar-refractivity contribution in [3.05, 3.63) is 59.4 Å². The normalized spacial score (nSPS) is 21.7. The van der Waals surface area contributed by atoms with Crippen LogP contribution in [0, 0.1) is 5.82 Å². The summed E-state index contributed by atoms with van der Waals surface area (Å²) in [6.45, 7) is 2.55. The summed E-state index contributed by atoms with van der Waals surface area (Å²) in [5, 5.41) is 2.74. The molecule has 26 heavy (non-hydrogen) atoms. The van der Waals surface area contributed by atoms with E-state index in [1.54, 1.807) is 37.3 Å². The second kappa shape index (κ2) is 6.01. The number of urea groups is 1. The van der Waals surface area contributed by atoms with E-state index in [0.717, 1.165) is 4.90 Å². The second-order valence-corrected chi connectivity index (χ2v) is 6.43. The molecule has 1 atom stereocenters. The molecular weight excluding hydrogens is 339 g/mol. The van der Waals surface area contributed by atoms with Crippen molar-refractivity contribution in [1.82, 2.24) is 10.2 Å². The fraction of sp³-hybridized carbons (Fsp3) is 0.263. The summed E-state index contributed by atoms with van der Waals surface area (Å²) in [5.74, 6) is 0.338. The zero-order valence-corrected chi connectivity index (χ0v) is 14.1. The summed E-state index contributed by atoms with van der Waals surface area (Å²) in [4.78, 5) is 26.5. The molecule has 1 fully saturated rings. The minimum Gasteiger partial charge on any atom is -0.486 e. The van der Waals surface area contributed by atoms with Gasteiger partial charge in [0.25, 0.3) is 5.91 Å². The van der Waals surface area contributed by atoms with Crippen LogP contribution in [0.2, 0.25) is 0 Å². The molecule has 0 bridgehead atoms. The predicted molar refractivity (Wildman–Crippen MR) is 90.3 cm³/mol. The van der Waals surface area contributed by atoms with Crippen molar-refractivity contribution >= 4 is 11.9 Å². The molecular formula is C19H17FN2O4. The first-order valence-electron chi connectivity index (χ1n) is 8.26. The van der Waals surface area contributed by atoms with Gasteiger partial charge in [-0.2, -0.15) is 0 Å². The third-order valence-corrected chi connectivity index (χ3v) is 4.62. The zero-order valence-electron chi connectivity index (χ0n) is 14.1. The van der Waals surface area contributed by atoms with Gasteiger partial charge in [0, 0.05) is 0 Å². The summed E-state index contributed by atoms with van der Waals surface area (Å²) in [7, 11) is 0. The smallest absolute Gasteiger partial charge is 0.325 e. The number of imide groups is 1. The molecule has 3 amide bonds. The Morgan fingerprint density at radius 1 is 1.12 bits per heavy atom. The third-order valence-electron chi connectivity index (χ3n) is 4.62. The Kier molecular flexibility index (Phi) is 3.79. The van der Waals surface area contributed by atoms with Gasteiger partial charge in [-0.1, -0.05) is 18.2 Å². The summed E-state index contributed by atoms with van der Waals surface area (Å²) in [5.41, 5.74) is -0.0815. The fourth-order valence-corrected chi connectivity index (χ4v) is 3.21. The molecule has 0 spiro atoms. The van der Waals surface area contributed by atoms with E-state index in [-0.39, 0.29) is 6.54 Å². The molecule has 0 aromatic heterocycles. The number of nitrogens with zero attached hydrogens (tertiary/aromatic N) is 1. The van der Waals surface area contributed by atoms with Crippen LogP contribution < -0.4 is 14.8 Å². The first-order chi connectivity index (χ1) is 12.5. The molecule has 134 valence electrons. The average molecular weight is 356 g/mol. The molecule has 2 aromatic carbocycles. The summed E-state index contributed by atoms with van der Waals surface area (Å²) >= 11 is 0. The molecule has 4 rings (SSSR count). The number of hydrogen-bond acceptors (Lipinski definition) is 4. The standard InChI is InChI=1S/C19H17FN2O4/c1-19(13-5-6-15-16(10-13)26-8-7-25-15)17(23)22(18(24)21-19)11-12-3-2-4-14(20)9-12/h2-6,9-10H,7-8,11H2,1H3,(H,21,24)/t19-/m1/s1. The number of amides is 3. The van der Waals surface area contributed by atoms with E-state index in [4.69, 9.17) is 9.47 Å². The van der Waals surface area contributed by atoms with E-state index in [0.29, 0.717) is 35.8 Å². The lowest BCUT2D eigenvalue weighted by Crippen LogP contribution is -2.41. The highest BCUT2D eigenvalue weighted by atomic mass is 19.1. The zero-order chi connectivity index (χ0) is 18.3. The van der Waals surface area contributed by atoms with Crippen LogP contribution in [-0.2, 0) is 16.9 Å². The lowest BCUT2D eigenvalue weighted by molar-refractivity contribution is -0.131. The Morgan fingerprint density at radius 3 is 2.65 bits per heavy atom. The number of carbonyl (C=O) groups excluding carboxylic acids is 2. The second-order valence-electron chi connectivity index (χ2n) is 6.43. The molecule has 7 heteroatoms. The molecule has 0 saturated carbocycles. The van der Waals surface area contributed by atoms with E-state index in [1.165, 1.54) is 12.1 Å². The van der Waals surface area contributed by atoms with E-state index < -0.39 is 23.3 Å². The van der Waals surface area contributed by atoms with Gasteiger partial charge in [0.05, 0.1) is 6.54 Å². The highest BCUT2D eigenvalue weighted by Crippen LogP contribution is 2.37. The van der Waals surface area contributed by atoms with Crippen molar-refractivity contribution in [1.29, 1.82) is 0 Å². The number of benzene rings is 2. The average Bonchev–Trinajstić information content (AvgIpc) is 2.85. The van der Waals surface area contributed by atoms with Gasteiger partial charge in [0.15, 0.2) is 11.5 Å². The minimum atomic E-state index is -1.22. The first kappa shape index (κ1) is 16.4. The molecule has 1 saturated heterocycles.